The molecule has 0 bridgehead atoms. The van der Waals surface area contributed by atoms with E-state index in [0.29, 0.717) is 12.1 Å². The molecule has 1 heterocycles. The van der Waals surface area contributed by atoms with E-state index < -0.39 is 4.92 Å². The third-order valence-electron chi connectivity index (χ3n) is 5.13. The number of hydrogen-bond acceptors (Lipinski definition) is 4. The fourth-order valence-corrected chi connectivity index (χ4v) is 3.64. The number of hydrogen-bond donors (Lipinski definition) is 1. The Kier molecular flexibility index (Phi) is 5.57. The molecule has 3 aromatic carbocycles. The van der Waals surface area contributed by atoms with Gasteiger partial charge in [0.15, 0.2) is 0 Å². The minimum absolute atomic E-state index is 0.00574. The lowest BCUT2D eigenvalue weighted by molar-refractivity contribution is -0.384. The van der Waals surface area contributed by atoms with Gasteiger partial charge in [0, 0.05) is 42.7 Å². The Morgan fingerprint density at radius 2 is 1.87 bits per heavy atom. The Hall–Kier alpha value is -3.93. The van der Waals surface area contributed by atoms with Gasteiger partial charge in [0.25, 0.3) is 5.69 Å². The maximum Gasteiger partial charge on any atom is 0.270 e. The van der Waals surface area contributed by atoms with Crippen LogP contribution in [0.4, 0.5) is 17.1 Å². The van der Waals surface area contributed by atoms with E-state index in [1.165, 1.54) is 29.5 Å². The number of nitrogens with zero attached hydrogens (tertiary/aromatic N) is 2. The molecule has 1 aliphatic rings. The van der Waals surface area contributed by atoms with Crippen LogP contribution >= 0.6 is 0 Å². The van der Waals surface area contributed by atoms with Crippen LogP contribution in [0.3, 0.4) is 0 Å². The van der Waals surface area contributed by atoms with Crippen LogP contribution in [0, 0.1) is 10.1 Å². The summed E-state index contributed by atoms with van der Waals surface area (Å²) >= 11 is 0. The van der Waals surface area contributed by atoms with Crippen LogP contribution in [0.25, 0.3) is 6.08 Å². The molecule has 0 atom stereocenters. The molecule has 1 aliphatic heterocycles. The molecule has 4 rings (SSSR count). The average molecular weight is 399 g/mol. The summed E-state index contributed by atoms with van der Waals surface area (Å²) in [4.78, 5) is 25.2. The molecule has 0 spiro atoms. The van der Waals surface area contributed by atoms with Gasteiger partial charge in [0.1, 0.15) is 0 Å². The number of non-ortho nitro benzene ring substituents is 1. The number of rotatable bonds is 6. The quantitative estimate of drug-likeness (QED) is 0.367. The molecule has 1 amide bonds. The van der Waals surface area contributed by atoms with Gasteiger partial charge in [-0.05, 0) is 41.3 Å². The highest BCUT2D eigenvalue weighted by molar-refractivity contribution is 6.02. The second-order valence-corrected chi connectivity index (χ2v) is 7.13. The van der Waals surface area contributed by atoms with Crippen molar-refractivity contribution in [1.82, 2.24) is 0 Å². The number of carbonyl (C=O) groups is 1. The lowest BCUT2D eigenvalue weighted by Gasteiger charge is -2.21. The summed E-state index contributed by atoms with van der Waals surface area (Å²) in [5.41, 5.74) is 4.97. The molecule has 0 fully saturated rings. The van der Waals surface area contributed by atoms with Crippen LogP contribution in [0.2, 0.25) is 0 Å². The van der Waals surface area contributed by atoms with Gasteiger partial charge in [0.05, 0.1) is 4.92 Å². The van der Waals surface area contributed by atoms with Crippen LogP contribution in [-0.2, 0) is 17.8 Å². The fraction of sp³-hybridized carbons (Fsp3) is 0.125. The summed E-state index contributed by atoms with van der Waals surface area (Å²) in [7, 11) is 0. The number of benzene rings is 3. The molecular weight excluding hydrogens is 378 g/mol. The van der Waals surface area contributed by atoms with Crippen LogP contribution in [0.5, 0.6) is 0 Å². The van der Waals surface area contributed by atoms with Crippen molar-refractivity contribution in [3.63, 3.8) is 0 Å². The second kappa shape index (κ2) is 8.61. The lowest BCUT2D eigenvalue weighted by atomic mass is 10.1. The van der Waals surface area contributed by atoms with Gasteiger partial charge in [-0.2, -0.15) is 0 Å². The standard InChI is InChI=1S/C24H21N3O3/c28-24(13-12-18-6-5-9-21(16-18)27(29)30)25-22-10-3-1-8-20(22)17-26-15-14-19-7-2-4-11-23(19)26/h1-13,16H,14-15,17H2,(H,25,28). The Morgan fingerprint density at radius 3 is 2.73 bits per heavy atom. The Morgan fingerprint density at radius 1 is 1.07 bits per heavy atom. The third kappa shape index (κ3) is 4.38. The molecule has 0 radical (unpaired) electrons. The number of carbonyl (C=O) groups excluding carboxylic acids is 1. The zero-order valence-corrected chi connectivity index (χ0v) is 16.3. The van der Waals surface area contributed by atoms with Crippen molar-refractivity contribution in [3.8, 4) is 0 Å². The van der Waals surface area contributed by atoms with Gasteiger partial charge >= 0.3 is 0 Å². The smallest absolute Gasteiger partial charge is 0.270 e. The Bertz CT molecular complexity index is 1120. The molecule has 0 aromatic heterocycles. The number of amides is 1. The summed E-state index contributed by atoms with van der Waals surface area (Å²) in [6.07, 6.45) is 3.99. The van der Waals surface area contributed by atoms with E-state index in [9.17, 15) is 14.9 Å². The maximum absolute atomic E-state index is 12.4. The first kappa shape index (κ1) is 19.4. The van der Waals surface area contributed by atoms with Gasteiger partial charge in [-0.3, -0.25) is 14.9 Å². The zero-order chi connectivity index (χ0) is 20.9. The van der Waals surface area contributed by atoms with Crippen molar-refractivity contribution in [2.24, 2.45) is 0 Å². The van der Waals surface area contributed by atoms with Crippen molar-refractivity contribution in [2.75, 3.05) is 16.8 Å². The third-order valence-corrected chi connectivity index (χ3v) is 5.13. The summed E-state index contributed by atoms with van der Waals surface area (Å²) in [5.74, 6) is -0.282. The Labute approximate surface area is 174 Å². The molecule has 6 nitrogen and oxygen atoms in total. The van der Waals surface area contributed by atoms with Gasteiger partial charge < -0.3 is 10.2 Å². The van der Waals surface area contributed by atoms with Crippen LogP contribution in [0.1, 0.15) is 16.7 Å². The van der Waals surface area contributed by atoms with Crippen molar-refractivity contribution in [1.29, 1.82) is 0 Å². The zero-order valence-electron chi connectivity index (χ0n) is 16.3. The van der Waals surface area contributed by atoms with Crippen molar-refractivity contribution >= 4 is 29.0 Å². The van der Waals surface area contributed by atoms with E-state index in [4.69, 9.17) is 0 Å². The SMILES string of the molecule is O=C(C=Cc1cccc([N+](=O)[O-])c1)Nc1ccccc1CN1CCc2ccccc21. The summed E-state index contributed by atoms with van der Waals surface area (Å²) in [5, 5.41) is 13.8. The summed E-state index contributed by atoms with van der Waals surface area (Å²) < 4.78 is 0. The largest absolute Gasteiger partial charge is 0.367 e. The van der Waals surface area contributed by atoms with Gasteiger partial charge in [0.2, 0.25) is 5.91 Å². The molecule has 0 aliphatic carbocycles. The van der Waals surface area contributed by atoms with Crippen molar-refractivity contribution < 1.29 is 9.72 Å². The molecule has 0 saturated carbocycles. The van der Waals surface area contributed by atoms with E-state index in [1.807, 2.05) is 30.3 Å². The lowest BCUT2D eigenvalue weighted by Crippen LogP contribution is -2.21. The van der Waals surface area contributed by atoms with Gasteiger partial charge in [-0.25, -0.2) is 0 Å². The second-order valence-electron chi connectivity index (χ2n) is 7.13. The maximum atomic E-state index is 12.4. The van der Waals surface area contributed by atoms with E-state index in [1.54, 1.807) is 18.2 Å². The first-order chi connectivity index (χ1) is 14.6. The predicted molar refractivity (Wildman–Crippen MR) is 118 cm³/mol. The normalized spacial score (nSPS) is 12.7. The molecule has 150 valence electrons. The number of nitro benzene ring substituents is 1. The van der Waals surface area contributed by atoms with Crippen LogP contribution < -0.4 is 10.2 Å². The molecule has 30 heavy (non-hydrogen) atoms. The fourth-order valence-electron chi connectivity index (χ4n) is 3.64. The number of para-hydroxylation sites is 2. The molecule has 0 unspecified atom stereocenters. The summed E-state index contributed by atoms with van der Waals surface area (Å²) in [6.45, 7) is 1.66. The highest BCUT2D eigenvalue weighted by Gasteiger charge is 2.19. The topological polar surface area (TPSA) is 75.5 Å². The molecule has 0 saturated heterocycles. The van der Waals surface area contributed by atoms with E-state index in [2.05, 4.69) is 28.4 Å². The minimum atomic E-state index is -0.454. The number of nitrogens with one attached hydrogen (secondary N) is 1. The molecular formula is C24H21N3O3. The monoisotopic (exact) mass is 399 g/mol. The number of fused-ring (bicyclic) bond motifs is 1. The van der Waals surface area contributed by atoms with Crippen LogP contribution in [0.15, 0.2) is 78.9 Å². The van der Waals surface area contributed by atoms with Gasteiger partial charge in [-0.15, -0.1) is 0 Å². The van der Waals surface area contributed by atoms with Gasteiger partial charge in [-0.1, -0.05) is 48.5 Å². The van der Waals surface area contributed by atoms with E-state index in [0.717, 1.165) is 24.2 Å². The molecule has 6 heteroatoms. The highest BCUT2D eigenvalue weighted by atomic mass is 16.6. The van der Waals surface area contributed by atoms with Crippen molar-refractivity contribution in [2.45, 2.75) is 13.0 Å². The van der Waals surface area contributed by atoms with Crippen molar-refractivity contribution in [3.05, 3.63) is 106 Å². The average Bonchev–Trinajstić information content (AvgIpc) is 3.17. The highest BCUT2D eigenvalue weighted by Crippen LogP contribution is 2.30. The number of anilines is 2. The summed E-state index contributed by atoms with van der Waals surface area (Å²) in [6, 6.07) is 22.3. The Balaban J connectivity index is 1.46. The van der Waals surface area contributed by atoms with Crippen LogP contribution in [-0.4, -0.2) is 17.4 Å². The first-order valence-electron chi connectivity index (χ1n) is 9.74. The molecule has 3 aromatic rings. The van der Waals surface area contributed by atoms with E-state index >= 15 is 0 Å². The number of nitro groups is 1. The predicted octanol–water partition coefficient (Wildman–Crippen LogP) is 4.81. The van der Waals surface area contributed by atoms with E-state index in [-0.39, 0.29) is 11.6 Å². The first-order valence-corrected chi connectivity index (χ1v) is 9.74. The molecule has 1 N–H and O–H groups in total. The minimum Gasteiger partial charge on any atom is -0.367 e.